The molecule has 0 aliphatic rings. The maximum Gasteiger partial charge on any atom is 0.573 e. The summed E-state index contributed by atoms with van der Waals surface area (Å²) in [6.45, 7) is 1.53. The Labute approximate surface area is 162 Å². The van der Waals surface area contributed by atoms with Crippen LogP contribution in [0.4, 0.5) is 23.2 Å². The monoisotopic (exact) mass is 406 g/mol. The molecule has 0 bridgehead atoms. The maximum atomic E-state index is 13.0. The molecule has 0 saturated heterocycles. The minimum Gasteiger partial charge on any atom is -0.457 e. The molecule has 2 aromatic carbocycles. The smallest absolute Gasteiger partial charge is 0.457 e. The molecule has 0 spiro atoms. The van der Waals surface area contributed by atoms with Crippen LogP contribution in [0.3, 0.4) is 0 Å². The van der Waals surface area contributed by atoms with Crippen LogP contribution in [0.1, 0.15) is 16.1 Å². The van der Waals surface area contributed by atoms with Gasteiger partial charge in [-0.1, -0.05) is 0 Å². The van der Waals surface area contributed by atoms with Crippen LogP contribution in [-0.4, -0.2) is 17.3 Å². The van der Waals surface area contributed by atoms with E-state index in [9.17, 15) is 22.4 Å². The zero-order valence-electron chi connectivity index (χ0n) is 15.0. The van der Waals surface area contributed by atoms with Gasteiger partial charge < -0.3 is 14.8 Å². The number of benzene rings is 2. The highest BCUT2D eigenvalue weighted by atomic mass is 19.4. The lowest BCUT2D eigenvalue weighted by Gasteiger charge is -2.11. The highest BCUT2D eigenvalue weighted by molar-refractivity contribution is 6.04. The van der Waals surface area contributed by atoms with Crippen LogP contribution in [0.2, 0.25) is 0 Å². The number of anilines is 1. The normalized spacial score (nSPS) is 11.1. The van der Waals surface area contributed by atoms with Crippen molar-refractivity contribution in [3.8, 4) is 17.2 Å². The number of nitrogens with one attached hydrogen (secondary N) is 1. The predicted molar refractivity (Wildman–Crippen MR) is 96.5 cm³/mol. The Kier molecular flexibility index (Phi) is 5.67. The first kappa shape index (κ1) is 20.1. The lowest BCUT2D eigenvalue weighted by molar-refractivity contribution is -0.274. The number of alkyl halides is 3. The van der Waals surface area contributed by atoms with Gasteiger partial charge in [-0.15, -0.1) is 13.2 Å². The van der Waals surface area contributed by atoms with Crippen LogP contribution >= 0.6 is 0 Å². The summed E-state index contributed by atoms with van der Waals surface area (Å²) < 4.78 is 58.9. The molecule has 0 saturated carbocycles. The number of carbonyl (C=O) groups is 1. The predicted octanol–water partition coefficient (Wildman–Crippen LogP) is 5.47. The number of aryl methyl sites for hydroxylation is 1. The van der Waals surface area contributed by atoms with Crippen molar-refractivity contribution < 1.29 is 31.8 Å². The van der Waals surface area contributed by atoms with Gasteiger partial charge in [-0.05, 0) is 67.6 Å². The number of hydrogen-bond donors (Lipinski definition) is 1. The largest absolute Gasteiger partial charge is 0.573 e. The highest BCUT2D eigenvalue weighted by Crippen LogP contribution is 2.28. The first-order valence-electron chi connectivity index (χ1n) is 8.28. The van der Waals surface area contributed by atoms with Gasteiger partial charge in [-0.2, -0.15) is 4.39 Å². The fourth-order valence-corrected chi connectivity index (χ4v) is 2.42. The molecule has 3 aromatic rings. The molecule has 0 fully saturated rings. The van der Waals surface area contributed by atoms with Gasteiger partial charge in [-0.3, -0.25) is 4.79 Å². The van der Waals surface area contributed by atoms with Crippen molar-refractivity contribution in [3.63, 3.8) is 0 Å². The molecule has 9 heteroatoms. The Morgan fingerprint density at radius 1 is 0.897 bits per heavy atom. The molecule has 0 aliphatic heterocycles. The fourth-order valence-electron chi connectivity index (χ4n) is 2.42. The van der Waals surface area contributed by atoms with Crippen molar-refractivity contribution in [2.75, 3.05) is 5.32 Å². The molecular formula is C20H14F4N2O3. The molecule has 0 aliphatic carbocycles. The zero-order chi connectivity index (χ0) is 21.0. The summed E-state index contributed by atoms with van der Waals surface area (Å²) in [6.07, 6.45) is -4.76. The standard InChI is InChI=1S/C20H14F4N2O3/c1-12-17(10-11-18(21)25-12)19(27)26-13-2-4-14(5-3-13)28-15-6-8-16(9-7-15)29-20(22,23)24/h2-11H,1H3,(H,26,27). The fraction of sp³-hybridized carbons (Fsp3) is 0.100. The number of carbonyl (C=O) groups excluding carboxylic acids is 1. The molecule has 5 nitrogen and oxygen atoms in total. The van der Waals surface area contributed by atoms with Crippen molar-refractivity contribution in [1.29, 1.82) is 0 Å². The number of rotatable bonds is 5. The molecule has 1 N–H and O–H groups in total. The number of ether oxygens (including phenoxy) is 2. The molecule has 1 amide bonds. The van der Waals surface area contributed by atoms with Crippen molar-refractivity contribution in [2.24, 2.45) is 0 Å². The summed E-state index contributed by atoms with van der Waals surface area (Å²) in [6, 6.07) is 13.7. The number of nitrogens with zero attached hydrogens (tertiary/aromatic N) is 1. The van der Waals surface area contributed by atoms with Crippen LogP contribution in [0.25, 0.3) is 0 Å². The second kappa shape index (κ2) is 8.17. The number of halogens is 4. The molecule has 0 radical (unpaired) electrons. The van der Waals surface area contributed by atoms with Gasteiger partial charge in [0, 0.05) is 5.69 Å². The van der Waals surface area contributed by atoms with Gasteiger partial charge in [0.2, 0.25) is 5.95 Å². The highest BCUT2D eigenvalue weighted by Gasteiger charge is 2.30. The van der Waals surface area contributed by atoms with Crippen LogP contribution < -0.4 is 14.8 Å². The Morgan fingerprint density at radius 2 is 1.45 bits per heavy atom. The van der Waals surface area contributed by atoms with E-state index in [1.54, 1.807) is 24.3 Å². The second-order valence-corrected chi connectivity index (χ2v) is 5.87. The lowest BCUT2D eigenvalue weighted by atomic mass is 10.2. The first-order chi connectivity index (χ1) is 13.7. The Hall–Kier alpha value is -3.62. The van der Waals surface area contributed by atoms with Gasteiger partial charge in [0.15, 0.2) is 0 Å². The molecule has 3 rings (SSSR count). The first-order valence-corrected chi connectivity index (χ1v) is 8.28. The van der Waals surface area contributed by atoms with Crippen molar-refractivity contribution in [3.05, 3.63) is 77.9 Å². The topological polar surface area (TPSA) is 60.5 Å². The lowest BCUT2D eigenvalue weighted by Crippen LogP contribution is -2.16. The van der Waals surface area contributed by atoms with Crippen LogP contribution in [0.5, 0.6) is 17.2 Å². The summed E-state index contributed by atoms with van der Waals surface area (Å²) in [5.74, 6) is -0.743. The number of hydrogen-bond acceptors (Lipinski definition) is 4. The minimum absolute atomic E-state index is 0.243. The van der Waals surface area contributed by atoms with Gasteiger partial charge in [0.25, 0.3) is 5.91 Å². The average molecular weight is 406 g/mol. The second-order valence-electron chi connectivity index (χ2n) is 5.87. The van der Waals surface area contributed by atoms with Gasteiger partial charge in [-0.25, -0.2) is 4.98 Å². The van der Waals surface area contributed by atoms with Crippen molar-refractivity contribution in [2.45, 2.75) is 13.3 Å². The van der Waals surface area contributed by atoms with Gasteiger partial charge >= 0.3 is 6.36 Å². The molecular weight excluding hydrogens is 392 g/mol. The third-order valence-electron chi connectivity index (χ3n) is 3.70. The van der Waals surface area contributed by atoms with E-state index in [-0.39, 0.29) is 17.0 Å². The third-order valence-corrected chi connectivity index (χ3v) is 3.70. The number of pyridine rings is 1. The maximum absolute atomic E-state index is 13.0. The molecule has 1 aromatic heterocycles. The van der Waals surface area contributed by atoms with E-state index in [0.29, 0.717) is 17.2 Å². The molecule has 150 valence electrons. The van der Waals surface area contributed by atoms with Crippen LogP contribution in [0, 0.1) is 12.9 Å². The van der Waals surface area contributed by atoms with E-state index in [2.05, 4.69) is 15.0 Å². The zero-order valence-corrected chi connectivity index (χ0v) is 15.0. The number of amides is 1. The van der Waals surface area contributed by atoms with E-state index < -0.39 is 18.2 Å². The van der Waals surface area contributed by atoms with E-state index in [0.717, 1.165) is 18.2 Å². The van der Waals surface area contributed by atoms with Crippen LogP contribution in [-0.2, 0) is 0 Å². The van der Waals surface area contributed by atoms with E-state index in [1.807, 2.05) is 0 Å². The van der Waals surface area contributed by atoms with Gasteiger partial charge in [0.1, 0.15) is 17.2 Å². The Morgan fingerprint density at radius 3 is 2.00 bits per heavy atom. The number of aromatic nitrogens is 1. The van der Waals surface area contributed by atoms with Crippen molar-refractivity contribution >= 4 is 11.6 Å². The summed E-state index contributed by atoms with van der Waals surface area (Å²) in [5, 5.41) is 2.66. The average Bonchev–Trinajstić information content (AvgIpc) is 2.63. The summed E-state index contributed by atoms with van der Waals surface area (Å²) in [5.41, 5.74) is 0.980. The SMILES string of the molecule is Cc1nc(F)ccc1C(=O)Nc1ccc(Oc2ccc(OC(F)(F)F)cc2)cc1. The van der Waals surface area contributed by atoms with Gasteiger partial charge in [0.05, 0.1) is 11.3 Å². The Balaban J connectivity index is 1.62. The summed E-state index contributed by atoms with van der Waals surface area (Å²) >= 11 is 0. The summed E-state index contributed by atoms with van der Waals surface area (Å²) in [4.78, 5) is 15.9. The Bertz CT molecular complexity index is 1000. The van der Waals surface area contributed by atoms with E-state index in [1.165, 1.54) is 25.1 Å². The molecule has 1 heterocycles. The molecule has 0 atom stereocenters. The summed E-state index contributed by atoms with van der Waals surface area (Å²) in [7, 11) is 0. The quantitative estimate of drug-likeness (QED) is 0.451. The third kappa shape index (κ3) is 5.68. The van der Waals surface area contributed by atoms with E-state index >= 15 is 0 Å². The molecule has 29 heavy (non-hydrogen) atoms. The van der Waals surface area contributed by atoms with Crippen LogP contribution in [0.15, 0.2) is 60.7 Å². The van der Waals surface area contributed by atoms with Crippen molar-refractivity contribution in [1.82, 2.24) is 4.98 Å². The van der Waals surface area contributed by atoms with E-state index in [4.69, 9.17) is 4.74 Å². The molecule has 0 unspecified atom stereocenters. The minimum atomic E-state index is -4.76.